The van der Waals surface area contributed by atoms with Crippen molar-refractivity contribution in [2.24, 2.45) is 5.73 Å². The molecule has 2 N–H and O–H groups in total. The third kappa shape index (κ3) is 3.07. The summed E-state index contributed by atoms with van der Waals surface area (Å²) in [7, 11) is 0. The Bertz CT molecular complexity index is 432. The minimum absolute atomic E-state index is 0.103. The first-order chi connectivity index (χ1) is 7.96. The number of nitrogens with two attached hydrogens (primary N) is 1. The maximum Gasteiger partial charge on any atom is 0.164 e. The molecule has 0 unspecified atom stereocenters. The van der Waals surface area contributed by atoms with Crippen molar-refractivity contribution < 1.29 is 9.53 Å². The van der Waals surface area contributed by atoms with Gasteiger partial charge in [0.15, 0.2) is 5.78 Å². The Hall–Kier alpha value is -1.35. The highest BCUT2D eigenvalue weighted by molar-refractivity contribution is 5.97. The fraction of sp³-hybridized carbons (Fsp3) is 0.500. The number of carbonyl (C=O) groups is 1. The number of aryl methyl sites for hydroxylation is 1. The van der Waals surface area contributed by atoms with E-state index in [0.717, 1.165) is 36.3 Å². The van der Waals surface area contributed by atoms with Gasteiger partial charge in [0.05, 0.1) is 6.61 Å². The van der Waals surface area contributed by atoms with E-state index in [-0.39, 0.29) is 5.78 Å². The van der Waals surface area contributed by atoms with Gasteiger partial charge in [-0.15, -0.1) is 0 Å². The summed E-state index contributed by atoms with van der Waals surface area (Å²) in [6, 6.07) is 5.67. The van der Waals surface area contributed by atoms with Crippen LogP contribution in [0.15, 0.2) is 18.2 Å². The zero-order valence-electron chi connectivity index (χ0n) is 10.5. The summed E-state index contributed by atoms with van der Waals surface area (Å²) >= 11 is 0. The number of hydrogen-bond acceptors (Lipinski definition) is 3. The van der Waals surface area contributed by atoms with Crippen LogP contribution < -0.4 is 10.5 Å². The maximum atomic E-state index is 12.0. The van der Waals surface area contributed by atoms with Crippen LogP contribution in [0.25, 0.3) is 0 Å². The van der Waals surface area contributed by atoms with Gasteiger partial charge in [0.2, 0.25) is 0 Å². The summed E-state index contributed by atoms with van der Waals surface area (Å²) in [4.78, 5) is 12.0. The van der Waals surface area contributed by atoms with Crippen molar-refractivity contribution in [3.8, 4) is 5.75 Å². The minimum Gasteiger partial charge on any atom is -0.493 e. The van der Waals surface area contributed by atoms with Gasteiger partial charge in [0, 0.05) is 17.5 Å². The van der Waals surface area contributed by atoms with Crippen LogP contribution in [0.3, 0.4) is 0 Å². The Morgan fingerprint density at radius 1 is 1.47 bits per heavy atom. The molecule has 0 spiro atoms. The summed E-state index contributed by atoms with van der Waals surface area (Å²) in [5, 5.41) is 0. The Kier molecular flexibility index (Phi) is 3.20. The minimum atomic E-state index is -0.455. The molecule has 1 heterocycles. The van der Waals surface area contributed by atoms with Crippen molar-refractivity contribution in [3.63, 3.8) is 0 Å². The normalized spacial score (nSPS) is 15.0. The lowest BCUT2D eigenvalue weighted by atomic mass is 9.93. The van der Waals surface area contributed by atoms with Crippen LogP contribution in [0, 0.1) is 0 Å². The van der Waals surface area contributed by atoms with E-state index in [1.54, 1.807) is 0 Å². The van der Waals surface area contributed by atoms with E-state index in [2.05, 4.69) is 0 Å². The molecular weight excluding hydrogens is 214 g/mol. The van der Waals surface area contributed by atoms with Gasteiger partial charge in [0.25, 0.3) is 0 Å². The van der Waals surface area contributed by atoms with Gasteiger partial charge in [0.1, 0.15) is 5.75 Å². The molecule has 1 aromatic carbocycles. The fourth-order valence-electron chi connectivity index (χ4n) is 2.05. The highest BCUT2D eigenvalue weighted by Gasteiger charge is 2.19. The van der Waals surface area contributed by atoms with Gasteiger partial charge in [-0.05, 0) is 50.5 Å². The molecular formula is C14H19NO2. The second-order valence-electron chi connectivity index (χ2n) is 5.36. The average Bonchev–Trinajstić information content (AvgIpc) is 2.26. The van der Waals surface area contributed by atoms with Crippen LogP contribution in [0.5, 0.6) is 5.75 Å². The smallest absolute Gasteiger partial charge is 0.164 e. The summed E-state index contributed by atoms with van der Waals surface area (Å²) in [5.74, 6) is 1.02. The molecule has 0 saturated heterocycles. The fourth-order valence-corrected chi connectivity index (χ4v) is 2.05. The molecule has 0 aliphatic carbocycles. The molecule has 3 nitrogen and oxygen atoms in total. The number of ether oxygens (including phenoxy) is 1. The number of benzene rings is 1. The Balaban J connectivity index is 2.19. The number of ketones is 1. The van der Waals surface area contributed by atoms with Crippen LogP contribution >= 0.6 is 0 Å². The summed E-state index contributed by atoms with van der Waals surface area (Å²) in [5.41, 5.74) is 7.29. The van der Waals surface area contributed by atoms with Gasteiger partial charge in [-0.25, -0.2) is 0 Å². The van der Waals surface area contributed by atoms with Crippen molar-refractivity contribution in [1.29, 1.82) is 0 Å². The highest BCUT2D eigenvalue weighted by Crippen LogP contribution is 2.26. The predicted octanol–water partition coefficient (Wildman–Crippen LogP) is 2.32. The number of fused-ring (bicyclic) bond motifs is 1. The van der Waals surface area contributed by atoms with Crippen molar-refractivity contribution >= 4 is 5.78 Å². The molecule has 0 bridgehead atoms. The van der Waals surface area contributed by atoms with Crippen molar-refractivity contribution in [2.75, 3.05) is 6.61 Å². The molecule has 0 saturated carbocycles. The third-order valence-corrected chi connectivity index (χ3v) is 2.85. The molecule has 0 amide bonds. The Morgan fingerprint density at radius 2 is 2.24 bits per heavy atom. The summed E-state index contributed by atoms with van der Waals surface area (Å²) in [6.07, 6.45) is 2.38. The van der Waals surface area contributed by atoms with Gasteiger partial charge in [-0.2, -0.15) is 0 Å². The number of hydrogen-bond donors (Lipinski definition) is 1. The standard InChI is InChI=1S/C14H19NO2/c1-14(2,15)9-12(16)10-5-6-13-11(8-10)4-3-7-17-13/h5-6,8H,3-4,7,9,15H2,1-2H3. The first-order valence-corrected chi connectivity index (χ1v) is 6.03. The zero-order chi connectivity index (χ0) is 12.5. The number of rotatable bonds is 3. The quantitative estimate of drug-likeness (QED) is 0.815. The van der Waals surface area contributed by atoms with E-state index < -0.39 is 5.54 Å². The lowest BCUT2D eigenvalue weighted by Crippen LogP contribution is -2.34. The zero-order valence-corrected chi connectivity index (χ0v) is 10.5. The molecule has 0 atom stereocenters. The predicted molar refractivity (Wildman–Crippen MR) is 67.5 cm³/mol. The average molecular weight is 233 g/mol. The summed E-state index contributed by atoms with van der Waals surface area (Å²) in [6.45, 7) is 4.51. The van der Waals surface area contributed by atoms with Crippen molar-refractivity contribution in [3.05, 3.63) is 29.3 Å². The van der Waals surface area contributed by atoms with Crippen molar-refractivity contribution in [1.82, 2.24) is 0 Å². The van der Waals surface area contributed by atoms with E-state index in [1.165, 1.54) is 0 Å². The molecule has 2 rings (SSSR count). The monoisotopic (exact) mass is 233 g/mol. The second-order valence-corrected chi connectivity index (χ2v) is 5.36. The van der Waals surface area contributed by atoms with Crippen LogP contribution in [0.2, 0.25) is 0 Å². The van der Waals surface area contributed by atoms with E-state index >= 15 is 0 Å². The molecule has 1 aliphatic rings. The van der Waals surface area contributed by atoms with E-state index in [9.17, 15) is 4.79 Å². The molecule has 0 radical (unpaired) electrons. The second kappa shape index (κ2) is 4.49. The third-order valence-electron chi connectivity index (χ3n) is 2.85. The summed E-state index contributed by atoms with van der Waals surface area (Å²) < 4.78 is 5.52. The first kappa shape index (κ1) is 12.1. The van der Waals surface area contributed by atoms with Crippen LogP contribution in [-0.4, -0.2) is 17.9 Å². The van der Waals surface area contributed by atoms with E-state index in [4.69, 9.17) is 10.5 Å². The topological polar surface area (TPSA) is 52.3 Å². The molecule has 1 aromatic rings. The van der Waals surface area contributed by atoms with Crippen LogP contribution in [0.4, 0.5) is 0 Å². The molecule has 92 valence electrons. The molecule has 0 fully saturated rings. The van der Waals surface area contributed by atoms with E-state index in [0.29, 0.717) is 6.42 Å². The highest BCUT2D eigenvalue weighted by atomic mass is 16.5. The molecule has 3 heteroatoms. The number of carbonyl (C=O) groups excluding carboxylic acids is 1. The molecule has 0 aromatic heterocycles. The largest absolute Gasteiger partial charge is 0.493 e. The number of Topliss-reactive ketones (excluding diaryl/α,β-unsaturated/α-hetero) is 1. The van der Waals surface area contributed by atoms with Gasteiger partial charge >= 0.3 is 0 Å². The molecule has 17 heavy (non-hydrogen) atoms. The van der Waals surface area contributed by atoms with Crippen LogP contribution in [0.1, 0.15) is 42.6 Å². The first-order valence-electron chi connectivity index (χ1n) is 6.03. The van der Waals surface area contributed by atoms with Gasteiger partial charge in [-0.1, -0.05) is 0 Å². The Morgan fingerprint density at radius 3 is 2.94 bits per heavy atom. The Labute approximate surface area is 102 Å². The lowest BCUT2D eigenvalue weighted by molar-refractivity contribution is 0.0960. The van der Waals surface area contributed by atoms with Gasteiger partial charge in [-0.3, -0.25) is 4.79 Å². The maximum absolute atomic E-state index is 12.0. The van der Waals surface area contributed by atoms with E-state index in [1.807, 2.05) is 32.0 Å². The van der Waals surface area contributed by atoms with Crippen molar-refractivity contribution in [2.45, 2.75) is 38.6 Å². The van der Waals surface area contributed by atoms with Crippen LogP contribution in [-0.2, 0) is 6.42 Å². The molecule has 1 aliphatic heterocycles. The lowest BCUT2D eigenvalue weighted by Gasteiger charge is -2.19. The van der Waals surface area contributed by atoms with Gasteiger partial charge < -0.3 is 10.5 Å². The SMILES string of the molecule is CC(C)(N)CC(=O)c1ccc2c(c1)CCCO2.